The van der Waals surface area contributed by atoms with Crippen LogP contribution in [0.5, 0.6) is 0 Å². The number of halogens is 2. The molecule has 2 N–H and O–H groups in total. The SMILES string of the molecule is CCOC(=O)C1=C(C2CCN(S(=O)(=O)[C@H]3C[C@@](C)(C(=O)O)C3)CC2)NC(c2nccs2)=NC1c1cccc(F)c1Cl. The van der Waals surface area contributed by atoms with E-state index < -0.39 is 44.5 Å². The third kappa shape index (κ3) is 5.52. The van der Waals surface area contributed by atoms with Crippen LogP contribution in [-0.4, -0.2) is 65.5 Å². The minimum atomic E-state index is -3.68. The summed E-state index contributed by atoms with van der Waals surface area (Å²) in [6.07, 6.45) is 2.56. The Labute approximate surface area is 246 Å². The second-order valence-electron chi connectivity index (χ2n) is 10.6. The lowest BCUT2D eigenvalue weighted by Crippen LogP contribution is -2.54. The van der Waals surface area contributed by atoms with E-state index in [1.165, 1.54) is 27.8 Å². The van der Waals surface area contributed by atoms with Crippen LogP contribution in [0.3, 0.4) is 0 Å². The van der Waals surface area contributed by atoms with Crippen LogP contribution in [0.4, 0.5) is 4.39 Å². The normalized spacial score (nSPS) is 25.7. The molecule has 1 aromatic carbocycles. The van der Waals surface area contributed by atoms with E-state index >= 15 is 0 Å². The van der Waals surface area contributed by atoms with Gasteiger partial charge in [-0.1, -0.05) is 23.7 Å². The van der Waals surface area contributed by atoms with Crippen LogP contribution in [0.25, 0.3) is 0 Å². The van der Waals surface area contributed by atoms with Crippen LogP contribution >= 0.6 is 22.9 Å². The Morgan fingerprint density at radius 2 is 2.00 bits per heavy atom. The maximum Gasteiger partial charge on any atom is 0.338 e. The van der Waals surface area contributed by atoms with E-state index in [9.17, 15) is 27.5 Å². The van der Waals surface area contributed by atoms with Crippen LogP contribution in [0.1, 0.15) is 56.1 Å². The maximum atomic E-state index is 14.5. The molecule has 5 rings (SSSR count). The van der Waals surface area contributed by atoms with Crippen molar-refractivity contribution < 1.29 is 32.2 Å². The topological polar surface area (TPSA) is 138 Å². The summed E-state index contributed by atoms with van der Waals surface area (Å²) in [5, 5.41) is 14.1. The minimum absolute atomic E-state index is 0.0774. The summed E-state index contributed by atoms with van der Waals surface area (Å²) in [6.45, 7) is 3.75. The number of benzene rings is 1. The van der Waals surface area contributed by atoms with Crippen LogP contribution < -0.4 is 5.32 Å². The number of piperidine rings is 1. The summed E-state index contributed by atoms with van der Waals surface area (Å²) >= 11 is 7.72. The number of hydrogen-bond acceptors (Lipinski definition) is 9. The van der Waals surface area contributed by atoms with Crippen molar-refractivity contribution in [2.75, 3.05) is 19.7 Å². The first kappa shape index (κ1) is 29.6. The van der Waals surface area contributed by atoms with E-state index in [0.29, 0.717) is 34.9 Å². The number of carbonyl (C=O) groups excluding carboxylic acids is 1. The third-order valence-corrected chi connectivity index (χ3v) is 11.4. The van der Waals surface area contributed by atoms with Gasteiger partial charge in [-0.15, -0.1) is 11.3 Å². The highest BCUT2D eigenvalue weighted by atomic mass is 35.5. The molecule has 1 saturated carbocycles. The lowest BCUT2D eigenvalue weighted by atomic mass is 9.70. The van der Waals surface area contributed by atoms with E-state index in [0.717, 1.165) is 0 Å². The van der Waals surface area contributed by atoms with Crippen molar-refractivity contribution in [3.63, 3.8) is 0 Å². The van der Waals surface area contributed by atoms with Gasteiger partial charge in [-0.3, -0.25) is 9.79 Å². The first-order chi connectivity index (χ1) is 19.5. The Bertz CT molecular complexity index is 1510. The van der Waals surface area contributed by atoms with Gasteiger partial charge in [-0.25, -0.2) is 26.9 Å². The number of carboxylic acid groups (broad SMARTS) is 1. The molecule has 1 aromatic heterocycles. The van der Waals surface area contributed by atoms with Gasteiger partial charge in [0.25, 0.3) is 0 Å². The molecule has 14 heteroatoms. The number of amidine groups is 1. The highest BCUT2D eigenvalue weighted by Gasteiger charge is 2.53. The van der Waals surface area contributed by atoms with Gasteiger partial charge in [-0.05, 0) is 45.6 Å². The van der Waals surface area contributed by atoms with Crippen molar-refractivity contribution in [1.82, 2.24) is 14.6 Å². The standard InChI is InChI=1S/C27H30ClFN4O6S2/c1-3-39-25(34)19-21(15-7-10-33(11-8-15)41(37,38)16-13-27(2,14-16)26(35)36)31-23(24-30-9-12-40-24)32-22(19)17-5-4-6-18(29)20(17)28/h4-6,9,12,15-16,22H,3,7-8,10-11,13-14H2,1-2H3,(H,31,32)(H,35,36)/t16-,22?,27+. The highest BCUT2D eigenvalue weighted by molar-refractivity contribution is 7.89. The zero-order valence-electron chi connectivity index (χ0n) is 22.5. The summed E-state index contributed by atoms with van der Waals surface area (Å²) in [6, 6.07) is 3.36. The maximum absolute atomic E-state index is 14.5. The van der Waals surface area contributed by atoms with Crippen molar-refractivity contribution in [2.45, 2.75) is 50.8 Å². The molecule has 3 heterocycles. The Morgan fingerprint density at radius 3 is 2.61 bits per heavy atom. The zero-order chi connectivity index (χ0) is 29.5. The van der Waals surface area contributed by atoms with Crippen molar-refractivity contribution in [3.05, 3.63) is 62.5 Å². The number of carboxylic acids is 1. The Kier molecular flexibility index (Phi) is 8.25. The van der Waals surface area contributed by atoms with Gasteiger partial charge in [0.1, 0.15) is 11.9 Å². The number of rotatable bonds is 8. The van der Waals surface area contributed by atoms with E-state index in [-0.39, 0.29) is 49.1 Å². The van der Waals surface area contributed by atoms with Crippen LogP contribution in [-0.2, 0) is 24.3 Å². The van der Waals surface area contributed by atoms with Crippen LogP contribution in [0.15, 0.2) is 46.0 Å². The molecule has 3 aliphatic rings. The fourth-order valence-electron chi connectivity index (χ4n) is 5.67. The van der Waals surface area contributed by atoms with Gasteiger partial charge in [0, 0.05) is 41.8 Å². The minimum Gasteiger partial charge on any atom is -0.481 e. The molecule has 1 unspecified atom stereocenters. The number of aromatic nitrogens is 1. The Hall–Kier alpha value is -2.87. The van der Waals surface area contributed by atoms with Gasteiger partial charge in [0.05, 0.1) is 27.9 Å². The molecular weight excluding hydrogens is 595 g/mol. The van der Waals surface area contributed by atoms with Gasteiger partial charge < -0.3 is 15.2 Å². The second-order valence-corrected chi connectivity index (χ2v) is 14.1. The molecule has 0 radical (unpaired) electrons. The predicted octanol–water partition coefficient (Wildman–Crippen LogP) is 4.14. The number of allylic oxidation sites excluding steroid dienone is 1. The summed E-state index contributed by atoms with van der Waals surface area (Å²) < 4.78 is 47.9. The molecule has 220 valence electrons. The van der Waals surface area contributed by atoms with E-state index in [2.05, 4.69) is 10.3 Å². The molecule has 0 bridgehead atoms. The molecule has 0 amide bonds. The van der Waals surface area contributed by atoms with E-state index in [1.54, 1.807) is 31.5 Å². The van der Waals surface area contributed by atoms with Gasteiger partial charge in [-0.2, -0.15) is 0 Å². The van der Waals surface area contributed by atoms with Crippen LogP contribution in [0, 0.1) is 17.2 Å². The lowest BCUT2D eigenvalue weighted by molar-refractivity contribution is -0.152. The molecular formula is C27H30ClFN4O6S2. The summed E-state index contributed by atoms with van der Waals surface area (Å²) in [5.74, 6) is -2.14. The number of hydrogen-bond donors (Lipinski definition) is 2. The lowest BCUT2D eigenvalue weighted by Gasteiger charge is -2.44. The zero-order valence-corrected chi connectivity index (χ0v) is 24.9. The number of esters is 1. The number of ether oxygens (including phenoxy) is 1. The predicted molar refractivity (Wildman–Crippen MR) is 152 cm³/mol. The third-order valence-electron chi connectivity index (χ3n) is 8.00. The number of nitrogens with zero attached hydrogens (tertiary/aromatic N) is 3. The molecule has 2 fully saturated rings. The monoisotopic (exact) mass is 624 g/mol. The second kappa shape index (κ2) is 11.4. The fraction of sp³-hybridized carbons (Fsp3) is 0.481. The first-order valence-electron chi connectivity index (χ1n) is 13.3. The Balaban J connectivity index is 1.47. The number of nitrogens with one attached hydrogen (secondary N) is 1. The average molecular weight is 625 g/mol. The quantitative estimate of drug-likeness (QED) is 0.418. The summed E-state index contributed by atoms with van der Waals surface area (Å²) in [4.78, 5) is 34.0. The molecule has 2 aromatic rings. The molecule has 0 spiro atoms. The van der Waals surface area contributed by atoms with Gasteiger partial charge in [0.15, 0.2) is 10.8 Å². The largest absolute Gasteiger partial charge is 0.481 e. The number of sulfonamides is 1. The number of aliphatic carboxylic acids is 1. The van der Waals surface area contributed by atoms with E-state index in [1.807, 2.05) is 0 Å². The van der Waals surface area contributed by atoms with Crippen molar-refractivity contribution in [2.24, 2.45) is 16.3 Å². The Morgan fingerprint density at radius 1 is 1.29 bits per heavy atom. The number of carbonyl (C=O) groups is 2. The van der Waals surface area contributed by atoms with Crippen molar-refractivity contribution >= 4 is 50.7 Å². The highest BCUT2D eigenvalue weighted by Crippen LogP contribution is 2.46. The number of thiazole rings is 1. The summed E-state index contributed by atoms with van der Waals surface area (Å²) in [7, 11) is -3.68. The first-order valence-corrected chi connectivity index (χ1v) is 16.0. The molecule has 1 atom stereocenters. The van der Waals surface area contributed by atoms with Crippen LogP contribution in [0.2, 0.25) is 5.02 Å². The van der Waals surface area contributed by atoms with Crippen molar-refractivity contribution in [3.8, 4) is 0 Å². The molecule has 1 aliphatic carbocycles. The number of aliphatic imine (C=N–C) groups is 1. The van der Waals surface area contributed by atoms with Gasteiger partial charge in [0.2, 0.25) is 10.0 Å². The summed E-state index contributed by atoms with van der Waals surface area (Å²) in [5.41, 5.74) is -0.0141. The molecule has 1 saturated heterocycles. The molecule has 2 aliphatic heterocycles. The van der Waals surface area contributed by atoms with E-state index in [4.69, 9.17) is 21.3 Å². The molecule has 10 nitrogen and oxygen atoms in total. The fourth-order valence-corrected chi connectivity index (χ4v) is 8.78. The smallest absolute Gasteiger partial charge is 0.338 e. The average Bonchev–Trinajstić information content (AvgIpc) is 3.47. The van der Waals surface area contributed by atoms with Crippen molar-refractivity contribution in [1.29, 1.82) is 0 Å². The molecule has 41 heavy (non-hydrogen) atoms. The van der Waals surface area contributed by atoms with Gasteiger partial charge >= 0.3 is 11.9 Å².